The minimum absolute atomic E-state index is 0.620. The van der Waals surface area contributed by atoms with Gasteiger partial charge in [-0.15, -0.1) is 0 Å². The summed E-state index contributed by atoms with van der Waals surface area (Å²) in [6, 6.07) is 3.48. The molecule has 8 heteroatoms. The Morgan fingerprint density at radius 3 is 1.27 bits per heavy atom. The summed E-state index contributed by atoms with van der Waals surface area (Å²) in [5.41, 5.74) is 0. The SMILES string of the molecule is COc1ccnc(Br)c1OC.COc1ccnc(Br)c1OC. The first-order valence-corrected chi connectivity index (χ1v) is 7.62. The number of halogens is 2. The molecule has 0 atom stereocenters. The first kappa shape index (κ1) is 18.5. The topological polar surface area (TPSA) is 62.7 Å². The van der Waals surface area contributed by atoms with E-state index in [4.69, 9.17) is 18.9 Å². The first-order valence-electron chi connectivity index (χ1n) is 6.04. The van der Waals surface area contributed by atoms with Gasteiger partial charge < -0.3 is 18.9 Å². The van der Waals surface area contributed by atoms with Crippen molar-refractivity contribution in [1.82, 2.24) is 9.97 Å². The molecule has 0 aromatic carbocycles. The largest absolute Gasteiger partial charge is 0.493 e. The second-order valence-corrected chi connectivity index (χ2v) is 5.18. The smallest absolute Gasteiger partial charge is 0.193 e. The van der Waals surface area contributed by atoms with Crippen LogP contribution in [0.1, 0.15) is 0 Å². The quantitative estimate of drug-likeness (QED) is 0.682. The number of hydrogen-bond donors (Lipinski definition) is 0. The summed E-state index contributed by atoms with van der Waals surface area (Å²) in [7, 11) is 6.32. The van der Waals surface area contributed by atoms with Crippen LogP contribution in [0.3, 0.4) is 0 Å². The van der Waals surface area contributed by atoms with Crippen LogP contribution in [0.25, 0.3) is 0 Å². The Labute approximate surface area is 146 Å². The van der Waals surface area contributed by atoms with Gasteiger partial charge in [0.05, 0.1) is 28.4 Å². The van der Waals surface area contributed by atoms with Gasteiger partial charge in [0, 0.05) is 24.5 Å². The molecule has 2 rings (SSSR count). The Bertz CT molecular complexity index is 558. The minimum Gasteiger partial charge on any atom is -0.493 e. The van der Waals surface area contributed by atoms with Crippen molar-refractivity contribution in [3.63, 3.8) is 0 Å². The fraction of sp³-hybridized carbons (Fsp3) is 0.286. The number of ether oxygens (including phenoxy) is 4. The van der Waals surface area contributed by atoms with Gasteiger partial charge in [-0.25, -0.2) is 9.97 Å². The second-order valence-electron chi connectivity index (χ2n) is 3.67. The van der Waals surface area contributed by atoms with Crippen molar-refractivity contribution in [3.8, 4) is 23.0 Å². The number of hydrogen-bond acceptors (Lipinski definition) is 6. The van der Waals surface area contributed by atoms with Crippen LogP contribution < -0.4 is 18.9 Å². The molecule has 0 radical (unpaired) electrons. The lowest BCUT2D eigenvalue weighted by molar-refractivity contribution is 0.351. The summed E-state index contributed by atoms with van der Waals surface area (Å²) in [6.07, 6.45) is 3.29. The van der Waals surface area contributed by atoms with Crippen LogP contribution in [0.4, 0.5) is 0 Å². The number of nitrogens with zero attached hydrogens (tertiary/aromatic N) is 2. The number of methoxy groups -OCH3 is 4. The highest BCUT2D eigenvalue weighted by molar-refractivity contribution is 9.10. The molecule has 0 aliphatic carbocycles. The van der Waals surface area contributed by atoms with Gasteiger partial charge in [0.15, 0.2) is 32.2 Å². The fourth-order valence-electron chi connectivity index (χ4n) is 1.50. The van der Waals surface area contributed by atoms with Crippen molar-refractivity contribution in [2.75, 3.05) is 28.4 Å². The lowest BCUT2D eigenvalue weighted by atomic mass is 10.4. The molecule has 0 aliphatic heterocycles. The summed E-state index contributed by atoms with van der Waals surface area (Å²) in [5.74, 6) is 2.59. The van der Waals surface area contributed by atoms with Gasteiger partial charge in [-0.1, -0.05) is 0 Å². The lowest BCUT2D eigenvalue weighted by Crippen LogP contribution is -1.92. The Balaban J connectivity index is 0.000000220. The lowest BCUT2D eigenvalue weighted by Gasteiger charge is -2.06. The maximum Gasteiger partial charge on any atom is 0.193 e. The van der Waals surface area contributed by atoms with Gasteiger partial charge >= 0.3 is 0 Å². The van der Waals surface area contributed by atoms with Crippen LogP contribution in [0.5, 0.6) is 23.0 Å². The molecule has 2 heterocycles. The molecule has 0 bridgehead atoms. The molecule has 0 saturated heterocycles. The normalized spacial score (nSPS) is 9.36. The van der Waals surface area contributed by atoms with E-state index in [2.05, 4.69) is 41.8 Å². The van der Waals surface area contributed by atoms with Crippen LogP contribution in [0.2, 0.25) is 0 Å². The summed E-state index contributed by atoms with van der Waals surface area (Å²) < 4.78 is 21.4. The van der Waals surface area contributed by atoms with Gasteiger partial charge in [-0.05, 0) is 31.9 Å². The maximum atomic E-state index is 5.03. The van der Waals surface area contributed by atoms with Gasteiger partial charge in [-0.3, -0.25) is 0 Å². The average molecular weight is 436 g/mol. The van der Waals surface area contributed by atoms with Gasteiger partial charge in [-0.2, -0.15) is 0 Å². The number of pyridine rings is 2. The predicted molar refractivity (Wildman–Crippen MR) is 90.1 cm³/mol. The predicted octanol–water partition coefficient (Wildman–Crippen LogP) is 3.72. The maximum absolute atomic E-state index is 5.03. The Morgan fingerprint density at radius 2 is 1.05 bits per heavy atom. The molecule has 0 fully saturated rings. The molecule has 0 amide bonds. The number of rotatable bonds is 4. The molecule has 120 valence electrons. The van der Waals surface area contributed by atoms with Crippen molar-refractivity contribution in [3.05, 3.63) is 33.7 Å². The molecule has 6 nitrogen and oxygen atoms in total. The fourth-order valence-corrected chi connectivity index (χ4v) is 2.45. The van der Waals surface area contributed by atoms with E-state index >= 15 is 0 Å². The molecule has 22 heavy (non-hydrogen) atoms. The van der Waals surface area contributed by atoms with Crippen LogP contribution >= 0.6 is 31.9 Å². The van der Waals surface area contributed by atoms with Crippen LogP contribution in [-0.4, -0.2) is 38.4 Å². The summed E-state index contributed by atoms with van der Waals surface area (Å²) in [6.45, 7) is 0. The Hall–Kier alpha value is -1.54. The van der Waals surface area contributed by atoms with Gasteiger partial charge in [0.25, 0.3) is 0 Å². The third kappa shape index (κ3) is 4.74. The number of aromatic nitrogens is 2. The van der Waals surface area contributed by atoms with E-state index in [1.54, 1.807) is 53.0 Å². The molecule has 0 unspecified atom stereocenters. The van der Waals surface area contributed by atoms with E-state index in [0.29, 0.717) is 32.2 Å². The highest BCUT2D eigenvalue weighted by Crippen LogP contribution is 2.32. The van der Waals surface area contributed by atoms with Crippen molar-refractivity contribution in [2.24, 2.45) is 0 Å². The monoisotopic (exact) mass is 434 g/mol. The Kier molecular flexibility index (Phi) is 7.97. The first-order chi connectivity index (χ1) is 10.6. The third-order valence-corrected chi connectivity index (χ3v) is 3.63. The van der Waals surface area contributed by atoms with Crippen molar-refractivity contribution in [2.45, 2.75) is 0 Å². The van der Waals surface area contributed by atoms with Crippen molar-refractivity contribution < 1.29 is 18.9 Å². The Morgan fingerprint density at radius 1 is 0.682 bits per heavy atom. The molecule has 2 aromatic heterocycles. The average Bonchev–Trinajstić information content (AvgIpc) is 2.54. The standard InChI is InChI=1S/2C7H8BrNO2/c2*1-10-5-3-4-9-7(8)6(5)11-2/h2*3-4H,1-2H3. The minimum atomic E-state index is 0.620. The zero-order valence-corrected chi connectivity index (χ0v) is 15.8. The highest BCUT2D eigenvalue weighted by atomic mass is 79.9. The molecule has 0 N–H and O–H groups in total. The van der Waals surface area contributed by atoms with E-state index in [9.17, 15) is 0 Å². The molecule has 2 aromatic rings. The highest BCUT2D eigenvalue weighted by Gasteiger charge is 2.07. The van der Waals surface area contributed by atoms with Crippen molar-refractivity contribution >= 4 is 31.9 Å². The summed E-state index contributed by atoms with van der Waals surface area (Å²) >= 11 is 6.46. The second kappa shape index (κ2) is 9.47. The molecular weight excluding hydrogens is 420 g/mol. The van der Waals surface area contributed by atoms with Crippen molar-refractivity contribution in [1.29, 1.82) is 0 Å². The van der Waals surface area contributed by atoms with Gasteiger partial charge in [0.2, 0.25) is 0 Å². The summed E-state index contributed by atoms with van der Waals surface area (Å²) in [5, 5.41) is 0. The zero-order valence-electron chi connectivity index (χ0n) is 12.6. The zero-order chi connectivity index (χ0) is 16.5. The van der Waals surface area contributed by atoms with E-state index in [0.717, 1.165) is 0 Å². The van der Waals surface area contributed by atoms with Crippen LogP contribution in [-0.2, 0) is 0 Å². The van der Waals surface area contributed by atoms with Crippen LogP contribution in [0, 0.1) is 0 Å². The van der Waals surface area contributed by atoms with E-state index in [-0.39, 0.29) is 0 Å². The van der Waals surface area contributed by atoms with E-state index in [1.807, 2.05) is 0 Å². The molecule has 0 aliphatic rings. The molecular formula is C14H16Br2N2O4. The summed E-state index contributed by atoms with van der Waals surface area (Å²) in [4.78, 5) is 7.94. The van der Waals surface area contributed by atoms with Crippen LogP contribution in [0.15, 0.2) is 33.7 Å². The molecule has 0 saturated carbocycles. The van der Waals surface area contributed by atoms with E-state index < -0.39 is 0 Å². The van der Waals surface area contributed by atoms with E-state index in [1.165, 1.54) is 0 Å². The third-order valence-electron chi connectivity index (χ3n) is 2.50. The van der Waals surface area contributed by atoms with Gasteiger partial charge in [0.1, 0.15) is 0 Å². The molecule has 0 spiro atoms.